The van der Waals surface area contributed by atoms with E-state index in [4.69, 9.17) is 9.15 Å². The van der Waals surface area contributed by atoms with Crippen LogP contribution in [0.2, 0.25) is 0 Å². The molecule has 3 heteroatoms. The van der Waals surface area contributed by atoms with Gasteiger partial charge in [-0.2, -0.15) is 0 Å². The maximum atomic E-state index is 5.89. The number of hydrogen-bond acceptors (Lipinski definition) is 3. The molecule has 98 valence electrons. The zero-order valence-electron chi connectivity index (χ0n) is 11.2. The Balaban J connectivity index is 2.03. The topological polar surface area (TPSA) is 25.6 Å². The molecule has 1 heterocycles. The van der Waals surface area contributed by atoms with Crippen molar-refractivity contribution in [2.24, 2.45) is 0 Å². The fourth-order valence-corrected chi connectivity index (χ4v) is 2.20. The first-order valence-electron chi connectivity index (χ1n) is 6.43. The fraction of sp³-hybridized carbons (Fsp3) is 0.250. The predicted molar refractivity (Wildman–Crippen MR) is 77.8 cm³/mol. The van der Waals surface area contributed by atoms with E-state index in [2.05, 4.69) is 11.0 Å². The Labute approximate surface area is 112 Å². The molecule has 0 amide bonds. The van der Waals surface area contributed by atoms with Crippen LogP contribution in [0.4, 0.5) is 0 Å². The van der Waals surface area contributed by atoms with Crippen LogP contribution in [0, 0.1) is 0 Å². The van der Waals surface area contributed by atoms with E-state index >= 15 is 0 Å². The summed E-state index contributed by atoms with van der Waals surface area (Å²) in [7, 11) is 4.08. The molecule has 3 nitrogen and oxygen atoms in total. The molecule has 0 spiro atoms. The number of benzene rings is 2. The molecule has 0 saturated carbocycles. The van der Waals surface area contributed by atoms with Crippen molar-refractivity contribution in [3.63, 3.8) is 0 Å². The van der Waals surface area contributed by atoms with Crippen LogP contribution in [0.5, 0.6) is 5.75 Å². The Hall–Kier alpha value is -2.00. The molecule has 19 heavy (non-hydrogen) atoms. The third-order valence-electron chi connectivity index (χ3n) is 3.16. The summed E-state index contributed by atoms with van der Waals surface area (Å²) in [5.74, 6) is 0.893. The van der Waals surface area contributed by atoms with Crippen molar-refractivity contribution in [1.29, 1.82) is 0 Å². The molecule has 1 aromatic heterocycles. The molecule has 2 aromatic carbocycles. The smallest absolute Gasteiger partial charge is 0.139 e. The SMILES string of the molecule is CN(C)CCOc1cccc2oc3ccccc3c12. The second kappa shape index (κ2) is 4.94. The van der Waals surface area contributed by atoms with E-state index in [0.717, 1.165) is 34.2 Å². The monoisotopic (exact) mass is 255 g/mol. The summed E-state index contributed by atoms with van der Waals surface area (Å²) in [6.07, 6.45) is 0. The molecule has 0 atom stereocenters. The van der Waals surface area contributed by atoms with Crippen LogP contribution in [0.3, 0.4) is 0 Å². The summed E-state index contributed by atoms with van der Waals surface area (Å²) in [5, 5.41) is 2.18. The number of ether oxygens (including phenoxy) is 1. The van der Waals surface area contributed by atoms with Crippen LogP contribution >= 0.6 is 0 Å². The zero-order valence-corrected chi connectivity index (χ0v) is 11.2. The molecule has 3 aromatic rings. The molecule has 0 aliphatic carbocycles. The summed E-state index contributed by atoms with van der Waals surface area (Å²) in [6.45, 7) is 1.57. The number of likely N-dealkylation sites (N-methyl/N-ethyl adjacent to an activating group) is 1. The van der Waals surface area contributed by atoms with Gasteiger partial charge in [0.15, 0.2) is 0 Å². The number of hydrogen-bond donors (Lipinski definition) is 0. The lowest BCUT2D eigenvalue weighted by molar-refractivity contribution is 0.264. The first-order valence-corrected chi connectivity index (χ1v) is 6.43. The van der Waals surface area contributed by atoms with Crippen LogP contribution < -0.4 is 4.74 Å². The maximum Gasteiger partial charge on any atom is 0.139 e. The van der Waals surface area contributed by atoms with E-state index in [1.807, 2.05) is 50.5 Å². The Morgan fingerprint density at radius 1 is 1.00 bits per heavy atom. The Bertz CT molecular complexity index is 700. The molecule has 0 aliphatic rings. The number of nitrogens with zero attached hydrogens (tertiary/aromatic N) is 1. The quantitative estimate of drug-likeness (QED) is 0.713. The van der Waals surface area contributed by atoms with E-state index in [9.17, 15) is 0 Å². The lowest BCUT2D eigenvalue weighted by Gasteiger charge is -2.11. The highest BCUT2D eigenvalue weighted by atomic mass is 16.5. The first-order chi connectivity index (χ1) is 9.25. The average molecular weight is 255 g/mol. The van der Waals surface area contributed by atoms with Crippen molar-refractivity contribution in [3.05, 3.63) is 42.5 Å². The second-order valence-corrected chi connectivity index (χ2v) is 4.88. The number of furan rings is 1. The molecule has 0 aliphatic heterocycles. The van der Waals surface area contributed by atoms with Crippen LogP contribution in [0.1, 0.15) is 0 Å². The van der Waals surface area contributed by atoms with Crippen LogP contribution in [-0.4, -0.2) is 32.1 Å². The highest BCUT2D eigenvalue weighted by Gasteiger charge is 2.11. The standard InChI is InChI=1S/C16H17NO2/c1-17(2)10-11-18-14-8-5-9-15-16(14)12-6-3-4-7-13(12)19-15/h3-9H,10-11H2,1-2H3. The van der Waals surface area contributed by atoms with Gasteiger partial charge in [-0.3, -0.25) is 0 Å². The Kier molecular flexibility index (Phi) is 3.13. The maximum absolute atomic E-state index is 5.89. The van der Waals surface area contributed by atoms with Crippen molar-refractivity contribution >= 4 is 21.9 Å². The normalized spacial score (nSPS) is 11.5. The second-order valence-electron chi connectivity index (χ2n) is 4.88. The summed E-state index contributed by atoms with van der Waals surface area (Å²) in [4.78, 5) is 2.10. The van der Waals surface area contributed by atoms with E-state index in [1.54, 1.807) is 0 Å². The molecular weight excluding hydrogens is 238 g/mol. The largest absolute Gasteiger partial charge is 0.491 e. The van der Waals surface area contributed by atoms with Gasteiger partial charge in [0.25, 0.3) is 0 Å². The summed E-state index contributed by atoms with van der Waals surface area (Å²) in [6, 6.07) is 14.0. The first kappa shape index (κ1) is 12.1. The van der Waals surface area contributed by atoms with E-state index in [-0.39, 0.29) is 0 Å². The van der Waals surface area contributed by atoms with E-state index in [0.29, 0.717) is 6.61 Å². The lowest BCUT2D eigenvalue weighted by atomic mass is 10.1. The fourth-order valence-electron chi connectivity index (χ4n) is 2.20. The van der Waals surface area contributed by atoms with Crippen molar-refractivity contribution in [2.75, 3.05) is 27.2 Å². The van der Waals surface area contributed by atoms with Crippen LogP contribution in [0.25, 0.3) is 21.9 Å². The van der Waals surface area contributed by atoms with E-state index < -0.39 is 0 Å². The average Bonchev–Trinajstić information content (AvgIpc) is 2.77. The van der Waals surface area contributed by atoms with Gasteiger partial charge in [-0.25, -0.2) is 0 Å². The summed E-state index contributed by atoms with van der Waals surface area (Å²) in [5.41, 5.74) is 1.78. The van der Waals surface area contributed by atoms with Gasteiger partial charge < -0.3 is 14.1 Å². The number of para-hydroxylation sites is 1. The predicted octanol–water partition coefficient (Wildman–Crippen LogP) is 3.53. The summed E-state index contributed by atoms with van der Waals surface area (Å²) >= 11 is 0. The molecule has 0 unspecified atom stereocenters. The third kappa shape index (κ3) is 2.29. The summed E-state index contributed by atoms with van der Waals surface area (Å²) < 4.78 is 11.7. The highest BCUT2D eigenvalue weighted by Crippen LogP contribution is 2.35. The zero-order chi connectivity index (χ0) is 13.2. The molecule has 3 rings (SSSR count). The van der Waals surface area contributed by atoms with E-state index in [1.165, 1.54) is 0 Å². The Morgan fingerprint density at radius 3 is 2.63 bits per heavy atom. The minimum Gasteiger partial charge on any atom is -0.491 e. The lowest BCUT2D eigenvalue weighted by Crippen LogP contribution is -2.19. The van der Waals surface area contributed by atoms with Gasteiger partial charge in [0, 0.05) is 11.9 Å². The third-order valence-corrected chi connectivity index (χ3v) is 3.16. The van der Waals surface area contributed by atoms with Crippen LogP contribution in [-0.2, 0) is 0 Å². The molecule has 0 bridgehead atoms. The molecule has 0 N–H and O–H groups in total. The minimum atomic E-state index is 0.672. The minimum absolute atomic E-state index is 0.672. The molecule has 0 saturated heterocycles. The molecule has 0 fully saturated rings. The Morgan fingerprint density at radius 2 is 1.79 bits per heavy atom. The van der Waals surface area contributed by atoms with Gasteiger partial charge >= 0.3 is 0 Å². The van der Waals surface area contributed by atoms with Crippen molar-refractivity contribution in [2.45, 2.75) is 0 Å². The van der Waals surface area contributed by atoms with Crippen molar-refractivity contribution in [3.8, 4) is 5.75 Å². The molecule has 0 radical (unpaired) electrons. The van der Waals surface area contributed by atoms with Gasteiger partial charge in [0.1, 0.15) is 23.5 Å². The highest BCUT2D eigenvalue weighted by molar-refractivity contribution is 6.08. The van der Waals surface area contributed by atoms with Crippen LogP contribution in [0.15, 0.2) is 46.9 Å². The number of rotatable bonds is 4. The van der Waals surface area contributed by atoms with Gasteiger partial charge in [0.05, 0.1) is 5.39 Å². The van der Waals surface area contributed by atoms with Gasteiger partial charge in [-0.05, 0) is 32.3 Å². The van der Waals surface area contributed by atoms with Gasteiger partial charge in [-0.15, -0.1) is 0 Å². The van der Waals surface area contributed by atoms with Gasteiger partial charge in [0.2, 0.25) is 0 Å². The van der Waals surface area contributed by atoms with Crippen molar-refractivity contribution in [1.82, 2.24) is 4.90 Å². The van der Waals surface area contributed by atoms with Gasteiger partial charge in [-0.1, -0.05) is 24.3 Å². The molecular formula is C16H17NO2. The van der Waals surface area contributed by atoms with Crippen molar-refractivity contribution < 1.29 is 9.15 Å². The number of fused-ring (bicyclic) bond motifs is 3.